The van der Waals surface area contributed by atoms with Crippen molar-refractivity contribution < 1.29 is 8.42 Å². The summed E-state index contributed by atoms with van der Waals surface area (Å²) in [7, 11) is -3.35. The van der Waals surface area contributed by atoms with Gasteiger partial charge in [0.2, 0.25) is 10.0 Å². The lowest BCUT2D eigenvalue weighted by Gasteiger charge is -2.24. The number of benzene rings is 2. The molecule has 2 heterocycles. The van der Waals surface area contributed by atoms with E-state index in [2.05, 4.69) is 33.7 Å². The molecule has 0 spiro atoms. The van der Waals surface area contributed by atoms with Gasteiger partial charge in [-0.25, -0.2) is 18.1 Å². The standard InChI is InChI=1S/C21H26N4O2S/c1-17(18-7-3-2-4-8-18)24-12-11-19(15-24)23-28(26,27)14-13-25-16-22-20-9-5-6-10-21(20)25/h2-10,16-17,19,23H,11-15H2,1H3/t17-,19+/m1/s1. The number of hydrogen-bond acceptors (Lipinski definition) is 4. The van der Waals surface area contributed by atoms with Crippen LogP contribution in [0.2, 0.25) is 0 Å². The third-order valence-electron chi connectivity index (χ3n) is 5.52. The minimum atomic E-state index is -3.35. The van der Waals surface area contributed by atoms with E-state index >= 15 is 0 Å². The SMILES string of the molecule is C[C@H](c1ccccc1)N1CC[C@H](NS(=O)(=O)CCn2cnc3ccccc32)C1. The van der Waals surface area contributed by atoms with Crippen molar-refractivity contribution in [3.8, 4) is 0 Å². The first-order chi connectivity index (χ1) is 13.5. The highest BCUT2D eigenvalue weighted by molar-refractivity contribution is 7.89. The van der Waals surface area contributed by atoms with Crippen LogP contribution in [0.1, 0.15) is 24.9 Å². The lowest BCUT2D eigenvalue weighted by atomic mass is 10.1. The van der Waals surface area contributed by atoms with Crippen LogP contribution in [0.25, 0.3) is 11.0 Å². The van der Waals surface area contributed by atoms with Crippen LogP contribution in [0.4, 0.5) is 0 Å². The highest BCUT2D eigenvalue weighted by atomic mass is 32.2. The Morgan fingerprint density at radius 3 is 2.71 bits per heavy atom. The second kappa shape index (κ2) is 8.03. The van der Waals surface area contributed by atoms with Gasteiger partial charge in [-0.05, 0) is 31.0 Å². The van der Waals surface area contributed by atoms with Crippen LogP contribution in [-0.4, -0.2) is 47.8 Å². The Labute approximate surface area is 166 Å². The normalized spacial score (nSPS) is 19.2. The van der Waals surface area contributed by atoms with Crippen LogP contribution < -0.4 is 4.72 Å². The predicted octanol–water partition coefficient (Wildman–Crippen LogP) is 2.79. The van der Waals surface area contributed by atoms with Gasteiger partial charge < -0.3 is 4.57 Å². The van der Waals surface area contributed by atoms with E-state index in [0.717, 1.165) is 30.5 Å². The quantitative estimate of drug-likeness (QED) is 0.665. The molecule has 0 amide bonds. The van der Waals surface area contributed by atoms with Gasteiger partial charge in [0.1, 0.15) is 0 Å². The lowest BCUT2D eigenvalue weighted by Crippen LogP contribution is -2.39. The van der Waals surface area contributed by atoms with Crippen LogP contribution in [0, 0.1) is 0 Å². The molecule has 1 N–H and O–H groups in total. The van der Waals surface area contributed by atoms with Crippen LogP contribution >= 0.6 is 0 Å². The van der Waals surface area contributed by atoms with Gasteiger partial charge in [0.15, 0.2) is 0 Å². The van der Waals surface area contributed by atoms with Crippen molar-refractivity contribution in [2.24, 2.45) is 0 Å². The molecule has 0 aliphatic carbocycles. The predicted molar refractivity (Wildman–Crippen MR) is 111 cm³/mol. The number of sulfonamides is 1. The Hall–Kier alpha value is -2.22. The first-order valence-electron chi connectivity index (χ1n) is 9.71. The average molecular weight is 399 g/mol. The molecule has 0 radical (unpaired) electrons. The minimum absolute atomic E-state index is 0.0318. The summed E-state index contributed by atoms with van der Waals surface area (Å²) >= 11 is 0. The first kappa shape index (κ1) is 19.1. The molecule has 1 aliphatic rings. The molecule has 0 saturated carbocycles. The summed E-state index contributed by atoms with van der Waals surface area (Å²) in [4.78, 5) is 6.66. The molecule has 3 aromatic rings. The summed E-state index contributed by atoms with van der Waals surface area (Å²) in [6.45, 7) is 4.21. The number of likely N-dealkylation sites (tertiary alicyclic amines) is 1. The van der Waals surface area contributed by atoms with Crippen LogP contribution in [-0.2, 0) is 16.6 Å². The van der Waals surface area contributed by atoms with Gasteiger partial charge in [0.05, 0.1) is 23.1 Å². The fourth-order valence-corrected chi connectivity index (χ4v) is 5.15. The van der Waals surface area contributed by atoms with Crippen LogP contribution in [0.3, 0.4) is 0 Å². The average Bonchev–Trinajstić information content (AvgIpc) is 3.33. The lowest BCUT2D eigenvalue weighted by molar-refractivity contribution is 0.258. The van der Waals surface area contributed by atoms with Gasteiger partial charge >= 0.3 is 0 Å². The summed E-state index contributed by atoms with van der Waals surface area (Å²) in [6, 6.07) is 18.4. The van der Waals surface area contributed by atoms with Crippen LogP contribution in [0.15, 0.2) is 60.9 Å². The molecular weight excluding hydrogens is 372 g/mol. The molecule has 0 unspecified atom stereocenters. The molecule has 2 aromatic carbocycles. The monoisotopic (exact) mass is 398 g/mol. The number of nitrogens with one attached hydrogen (secondary N) is 1. The number of fused-ring (bicyclic) bond motifs is 1. The zero-order chi connectivity index (χ0) is 19.6. The van der Waals surface area contributed by atoms with Crippen molar-refractivity contribution in [2.75, 3.05) is 18.8 Å². The van der Waals surface area contributed by atoms with Crippen molar-refractivity contribution in [3.05, 3.63) is 66.5 Å². The Balaban J connectivity index is 1.33. The van der Waals surface area contributed by atoms with Crippen LogP contribution in [0.5, 0.6) is 0 Å². The third kappa shape index (κ3) is 4.27. The third-order valence-corrected chi connectivity index (χ3v) is 6.94. The molecule has 0 bridgehead atoms. The van der Waals surface area contributed by atoms with E-state index in [9.17, 15) is 8.42 Å². The largest absolute Gasteiger partial charge is 0.330 e. The zero-order valence-electron chi connectivity index (χ0n) is 16.0. The van der Waals surface area contributed by atoms with E-state index in [0.29, 0.717) is 6.54 Å². The van der Waals surface area contributed by atoms with E-state index < -0.39 is 10.0 Å². The summed E-state index contributed by atoms with van der Waals surface area (Å²) in [5, 5.41) is 0. The molecule has 2 atom stereocenters. The van der Waals surface area contributed by atoms with E-state index in [4.69, 9.17) is 0 Å². The molecule has 1 aromatic heterocycles. The maximum absolute atomic E-state index is 12.6. The topological polar surface area (TPSA) is 67.2 Å². The highest BCUT2D eigenvalue weighted by Crippen LogP contribution is 2.24. The van der Waals surface area contributed by atoms with Gasteiger partial charge in [0, 0.05) is 31.7 Å². The van der Waals surface area contributed by atoms with E-state index in [-0.39, 0.29) is 17.8 Å². The second-order valence-electron chi connectivity index (χ2n) is 7.43. The molecular formula is C21H26N4O2S. The first-order valence-corrected chi connectivity index (χ1v) is 11.4. The van der Waals surface area contributed by atoms with E-state index in [1.165, 1.54) is 5.56 Å². The minimum Gasteiger partial charge on any atom is -0.330 e. The maximum Gasteiger partial charge on any atom is 0.213 e. The van der Waals surface area contributed by atoms with Gasteiger partial charge in [-0.2, -0.15) is 0 Å². The van der Waals surface area contributed by atoms with E-state index in [1.54, 1.807) is 6.33 Å². The van der Waals surface area contributed by atoms with Crippen molar-refractivity contribution >= 4 is 21.1 Å². The molecule has 1 aliphatic heterocycles. The van der Waals surface area contributed by atoms with Crippen molar-refractivity contribution in [2.45, 2.75) is 32.0 Å². The highest BCUT2D eigenvalue weighted by Gasteiger charge is 2.29. The summed E-state index contributed by atoms with van der Waals surface area (Å²) in [5.41, 5.74) is 3.11. The zero-order valence-corrected chi connectivity index (χ0v) is 16.8. The summed E-state index contributed by atoms with van der Waals surface area (Å²) in [5.74, 6) is 0.0537. The fraction of sp³-hybridized carbons (Fsp3) is 0.381. The molecule has 1 saturated heterocycles. The molecule has 7 heteroatoms. The van der Waals surface area contributed by atoms with Crippen molar-refractivity contribution in [1.29, 1.82) is 0 Å². The molecule has 4 rings (SSSR count). The van der Waals surface area contributed by atoms with Gasteiger partial charge in [-0.3, -0.25) is 4.90 Å². The van der Waals surface area contributed by atoms with E-state index in [1.807, 2.05) is 47.0 Å². The molecule has 1 fully saturated rings. The summed E-state index contributed by atoms with van der Waals surface area (Å²) < 4.78 is 30.0. The Morgan fingerprint density at radius 2 is 1.89 bits per heavy atom. The molecule has 28 heavy (non-hydrogen) atoms. The van der Waals surface area contributed by atoms with Gasteiger partial charge in [-0.15, -0.1) is 0 Å². The Kier molecular flexibility index (Phi) is 5.48. The number of para-hydroxylation sites is 2. The number of imidazole rings is 1. The fourth-order valence-electron chi connectivity index (χ4n) is 3.90. The smallest absolute Gasteiger partial charge is 0.213 e. The number of nitrogens with zero attached hydrogens (tertiary/aromatic N) is 3. The summed E-state index contributed by atoms with van der Waals surface area (Å²) in [6.07, 6.45) is 2.55. The Morgan fingerprint density at radius 1 is 1.14 bits per heavy atom. The maximum atomic E-state index is 12.6. The van der Waals surface area contributed by atoms with Gasteiger partial charge in [-0.1, -0.05) is 42.5 Å². The second-order valence-corrected chi connectivity index (χ2v) is 9.30. The molecule has 6 nitrogen and oxygen atoms in total. The number of hydrogen-bond donors (Lipinski definition) is 1. The number of rotatable bonds is 7. The Bertz CT molecular complexity index is 1030. The molecule has 148 valence electrons. The van der Waals surface area contributed by atoms with Crippen molar-refractivity contribution in [1.82, 2.24) is 19.2 Å². The number of aryl methyl sites for hydroxylation is 1. The van der Waals surface area contributed by atoms with Gasteiger partial charge in [0.25, 0.3) is 0 Å². The number of aromatic nitrogens is 2. The van der Waals surface area contributed by atoms with Crippen molar-refractivity contribution in [3.63, 3.8) is 0 Å².